The lowest BCUT2D eigenvalue weighted by Gasteiger charge is -2.09. The van der Waals surface area contributed by atoms with E-state index < -0.39 is 11.8 Å². The van der Waals surface area contributed by atoms with E-state index in [1.165, 1.54) is 12.1 Å². The van der Waals surface area contributed by atoms with Gasteiger partial charge >= 0.3 is 5.97 Å². The first-order valence-electron chi connectivity index (χ1n) is 5.28. The topological polar surface area (TPSA) is 37.3 Å². The fraction of sp³-hybridized carbons (Fsp3) is 0.0714. The van der Waals surface area contributed by atoms with Crippen LogP contribution in [0, 0.1) is 12.7 Å². The van der Waals surface area contributed by atoms with Gasteiger partial charge in [0.15, 0.2) is 0 Å². The van der Waals surface area contributed by atoms with Gasteiger partial charge in [-0.3, -0.25) is 0 Å². The molecular formula is C14H10ClFO2. The van der Waals surface area contributed by atoms with E-state index >= 15 is 0 Å². The smallest absolute Gasteiger partial charge is 0.336 e. The van der Waals surface area contributed by atoms with E-state index in [1.54, 1.807) is 18.2 Å². The number of hydrogen-bond acceptors (Lipinski definition) is 1. The van der Waals surface area contributed by atoms with Crippen LogP contribution < -0.4 is 0 Å². The van der Waals surface area contributed by atoms with Crippen molar-refractivity contribution in [2.45, 2.75) is 6.92 Å². The third kappa shape index (κ3) is 2.36. The Kier molecular flexibility index (Phi) is 3.34. The zero-order chi connectivity index (χ0) is 13.3. The van der Waals surface area contributed by atoms with Gasteiger partial charge in [-0.1, -0.05) is 23.7 Å². The summed E-state index contributed by atoms with van der Waals surface area (Å²) in [5.41, 5.74) is 1.78. The van der Waals surface area contributed by atoms with Crippen LogP contribution in [0.1, 0.15) is 15.9 Å². The SMILES string of the molecule is Cc1ccc(-c2cc(F)ccc2C(=O)O)c(Cl)c1. The Balaban J connectivity index is 2.69. The standard InChI is InChI=1S/C14H10ClFO2/c1-8-2-4-10(13(15)6-8)12-7-9(16)3-5-11(12)14(17)18/h2-7H,1H3,(H,17,18). The summed E-state index contributed by atoms with van der Waals surface area (Å²) in [7, 11) is 0. The van der Waals surface area contributed by atoms with E-state index in [2.05, 4.69) is 0 Å². The van der Waals surface area contributed by atoms with E-state index in [1.807, 2.05) is 6.92 Å². The lowest BCUT2D eigenvalue weighted by molar-refractivity contribution is 0.0697. The van der Waals surface area contributed by atoms with Gasteiger partial charge in [0.1, 0.15) is 5.82 Å². The maximum absolute atomic E-state index is 13.3. The Bertz CT molecular complexity index is 623. The molecule has 0 unspecified atom stereocenters. The minimum Gasteiger partial charge on any atom is -0.478 e. The van der Waals surface area contributed by atoms with Crippen molar-refractivity contribution in [1.82, 2.24) is 0 Å². The highest BCUT2D eigenvalue weighted by atomic mass is 35.5. The summed E-state index contributed by atoms with van der Waals surface area (Å²) in [6.07, 6.45) is 0. The fourth-order valence-electron chi connectivity index (χ4n) is 1.76. The molecule has 0 bridgehead atoms. The van der Waals surface area contributed by atoms with Crippen molar-refractivity contribution >= 4 is 17.6 Å². The molecule has 0 aliphatic heterocycles. The summed E-state index contributed by atoms with van der Waals surface area (Å²) in [4.78, 5) is 11.1. The molecule has 0 aromatic heterocycles. The molecule has 0 aliphatic carbocycles. The quantitative estimate of drug-likeness (QED) is 0.885. The first-order valence-corrected chi connectivity index (χ1v) is 5.66. The molecule has 0 atom stereocenters. The summed E-state index contributed by atoms with van der Waals surface area (Å²) in [5.74, 6) is -1.60. The largest absolute Gasteiger partial charge is 0.478 e. The predicted molar refractivity (Wildman–Crippen MR) is 68.5 cm³/mol. The molecule has 0 saturated heterocycles. The molecule has 2 aromatic carbocycles. The van der Waals surface area contributed by atoms with Crippen LogP contribution in [0.2, 0.25) is 5.02 Å². The predicted octanol–water partition coefficient (Wildman–Crippen LogP) is 4.15. The lowest BCUT2D eigenvalue weighted by atomic mass is 9.98. The second-order valence-corrected chi connectivity index (χ2v) is 4.39. The number of carbonyl (C=O) groups is 1. The molecule has 0 radical (unpaired) electrons. The second-order valence-electron chi connectivity index (χ2n) is 3.98. The fourth-order valence-corrected chi connectivity index (χ4v) is 2.10. The average Bonchev–Trinajstić information content (AvgIpc) is 2.28. The van der Waals surface area contributed by atoms with Crippen molar-refractivity contribution < 1.29 is 14.3 Å². The Morgan fingerprint density at radius 2 is 1.89 bits per heavy atom. The second kappa shape index (κ2) is 4.78. The maximum Gasteiger partial charge on any atom is 0.336 e. The van der Waals surface area contributed by atoms with Crippen molar-refractivity contribution in [1.29, 1.82) is 0 Å². The number of carboxylic acid groups (broad SMARTS) is 1. The van der Waals surface area contributed by atoms with Gasteiger partial charge in [0.25, 0.3) is 0 Å². The summed E-state index contributed by atoms with van der Waals surface area (Å²) < 4.78 is 13.3. The molecule has 0 saturated carbocycles. The van der Waals surface area contributed by atoms with E-state index in [-0.39, 0.29) is 11.1 Å². The van der Waals surface area contributed by atoms with Crippen molar-refractivity contribution in [3.8, 4) is 11.1 Å². The van der Waals surface area contributed by atoms with Crippen molar-refractivity contribution in [2.24, 2.45) is 0 Å². The summed E-state index contributed by atoms with van der Waals surface area (Å²) in [6, 6.07) is 8.75. The number of carboxylic acids is 1. The molecule has 0 fully saturated rings. The van der Waals surface area contributed by atoms with E-state index in [4.69, 9.17) is 16.7 Å². The molecule has 2 nitrogen and oxygen atoms in total. The summed E-state index contributed by atoms with van der Waals surface area (Å²) >= 11 is 6.08. The highest BCUT2D eigenvalue weighted by Gasteiger charge is 2.14. The van der Waals surface area contributed by atoms with Crippen LogP contribution in [0.4, 0.5) is 4.39 Å². The molecule has 0 spiro atoms. The molecule has 0 aliphatic rings. The molecule has 4 heteroatoms. The highest BCUT2D eigenvalue weighted by molar-refractivity contribution is 6.33. The van der Waals surface area contributed by atoms with Crippen LogP contribution in [0.25, 0.3) is 11.1 Å². The van der Waals surface area contributed by atoms with E-state index in [0.717, 1.165) is 11.6 Å². The molecule has 2 aromatic rings. The summed E-state index contributed by atoms with van der Waals surface area (Å²) in [5, 5.41) is 9.50. The Labute approximate surface area is 109 Å². The molecule has 2 rings (SSSR count). The Morgan fingerprint density at radius 1 is 1.17 bits per heavy atom. The molecular weight excluding hydrogens is 255 g/mol. The van der Waals surface area contributed by atoms with Gasteiger partial charge in [-0.05, 0) is 36.8 Å². The van der Waals surface area contributed by atoms with E-state index in [9.17, 15) is 9.18 Å². The Hall–Kier alpha value is -1.87. The Morgan fingerprint density at radius 3 is 2.50 bits per heavy atom. The monoisotopic (exact) mass is 264 g/mol. The number of benzene rings is 2. The van der Waals surface area contributed by atoms with Gasteiger partial charge in [-0.25, -0.2) is 9.18 Å². The number of rotatable bonds is 2. The number of halogens is 2. The molecule has 1 N–H and O–H groups in total. The van der Waals surface area contributed by atoms with Gasteiger partial charge in [0.2, 0.25) is 0 Å². The highest BCUT2D eigenvalue weighted by Crippen LogP contribution is 2.31. The van der Waals surface area contributed by atoms with Gasteiger partial charge < -0.3 is 5.11 Å². The lowest BCUT2D eigenvalue weighted by Crippen LogP contribution is -2.00. The number of aryl methyl sites for hydroxylation is 1. The van der Waals surface area contributed by atoms with Crippen molar-refractivity contribution in [2.75, 3.05) is 0 Å². The van der Waals surface area contributed by atoms with Gasteiger partial charge in [0.05, 0.1) is 5.56 Å². The van der Waals surface area contributed by atoms with Crippen LogP contribution in [0.5, 0.6) is 0 Å². The van der Waals surface area contributed by atoms with Crippen LogP contribution in [-0.2, 0) is 0 Å². The third-order valence-electron chi connectivity index (χ3n) is 2.63. The van der Waals surface area contributed by atoms with Gasteiger partial charge in [-0.15, -0.1) is 0 Å². The van der Waals surface area contributed by atoms with Crippen LogP contribution >= 0.6 is 11.6 Å². The summed E-state index contributed by atoms with van der Waals surface area (Å²) in [6.45, 7) is 1.87. The third-order valence-corrected chi connectivity index (χ3v) is 2.94. The minimum atomic E-state index is -1.11. The minimum absolute atomic E-state index is 0.0298. The molecule has 0 heterocycles. The molecule has 18 heavy (non-hydrogen) atoms. The first-order chi connectivity index (χ1) is 8.49. The van der Waals surface area contributed by atoms with E-state index in [0.29, 0.717) is 10.6 Å². The molecule has 92 valence electrons. The van der Waals surface area contributed by atoms with Crippen LogP contribution in [0.15, 0.2) is 36.4 Å². The number of hydrogen-bond donors (Lipinski definition) is 1. The first kappa shape index (κ1) is 12.6. The maximum atomic E-state index is 13.3. The zero-order valence-corrected chi connectivity index (χ0v) is 10.3. The van der Waals surface area contributed by atoms with Crippen LogP contribution in [-0.4, -0.2) is 11.1 Å². The zero-order valence-electron chi connectivity index (χ0n) is 9.58. The van der Waals surface area contributed by atoms with Crippen molar-refractivity contribution in [3.63, 3.8) is 0 Å². The van der Waals surface area contributed by atoms with Gasteiger partial charge in [-0.2, -0.15) is 0 Å². The van der Waals surface area contributed by atoms with Crippen molar-refractivity contribution in [3.05, 3.63) is 58.4 Å². The average molecular weight is 265 g/mol. The normalized spacial score (nSPS) is 10.4. The van der Waals surface area contributed by atoms with Crippen LogP contribution in [0.3, 0.4) is 0 Å². The number of aromatic carboxylic acids is 1. The van der Waals surface area contributed by atoms with Gasteiger partial charge in [0, 0.05) is 16.1 Å². The molecule has 0 amide bonds.